The van der Waals surface area contributed by atoms with Crippen molar-refractivity contribution in [3.8, 4) is 5.75 Å². The van der Waals surface area contributed by atoms with Gasteiger partial charge in [-0.15, -0.1) is 0 Å². The second kappa shape index (κ2) is 7.92. The van der Waals surface area contributed by atoms with Crippen LogP contribution in [-0.2, 0) is 6.54 Å². The quantitative estimate of drug-likeness (QED) is 0.853. The lowest BCUT2D eigenvalue weighted by Crippen LogP contribution is -2.32. The van der Waals surface area contributed by atoms with Gasteiger partial charge in [-0.2, -0.15) is 0 Å². The summed E-state index contributed by atoms with van der Waals surface area (Å²) in [4.78, 5) is 6.16. The molecule has 1 heterocycles. The Hall–Kier alpha value is -1.91. The first-order chi connectivity index (χ1) is 10.5. The fourth-order valence-electron chi connectivity index (χ4n) is 2.33. The van der Waals surface area contributed by atoms with Crippen molar-refractivity contribution in [2.75, 3.05) is 20.2 Å². The van der Waals surface area contributed by atoms with Crippen LogP contribution in [-0.4, -0.2) is 41.3 Å². The minimum Gasteiger partial charge on any atom is -0.491 e. The maximum Gasteiger partial charge on any atom is 0.122 e. The first kappa shape index (κ1) is 16.5. The van der Waals surface area contributed by atoms with E-state index in [0.717, 1.165) is 29.0 Å². The number of likely N-dealkylation sites (N-methyl/N-ethyl adjacent to an activating group) is 1. The number of benzene rings is 1. The van der Waals surface area contributed by atoms with Crippen molar-refractivity contribution in [2.24, 2.45) is 0 Å². The molecular weight excluding hydrogens is 276 g/mol. The van der Waals surface area contributed by atoms with Gasteiger partial charge in [-0.1, -0.05) is 18.2 Å². The van der Waals surface area contributed by atoms with Gasteiger partial charge in [-0.05, 0) is 49.7 Å². The molecule has 0 radical (unpaired) electrons. The third kappa shape index (κ3) is 5.13. The minimum absolute atomic E-state index is 0.293. The summed E-state index contributed by atoms with van der Waals surface area (Å²) >= 11 is 0. The summed E-state index contributed by atoms with van der Waals surface area (Å²) in [6, 6.07) is 10.0. The Balaban J connectivity index is 1.80. The van der Waals surface area contributed by atoms with E-state index in [4.69, 9.17) is 4.74 Å². The zero-order chi connectivity index (χ0) is 15.9. The molecule has 0 saturated carbocycles. The monoisotopic (exact) mass is 300 g/mol. The molecule has 1 atom stereocenters. The maximum absolute atomic E-state index is 10.1. The van der Waals surface area contributed by atoms with E-state index < -0.39 is 6.10 Å². The Morgan fingerprint density at radius 1 is 1.27 bits per heavy atom. The SMILES string of the molecule is Cc1ccc(C)c(OCC(O)CN(C)Cc2cccnc2)c1. The fourth-order valence-corrected chi connectivity index (χ4v) is 2.33. The lowest BCUT2D eigenvalue weighted by atomic mass is 10.1. The van der Waals surface area contributed by atoms with Gasteiger partial charge >= 0.3 is 0 Å². The van der Waals surface area contributed by atoms with Crippen molar-refractivity contribution in [3.05, 3.63) is 59.4 Å². The van der Waals surface area contributed by atoms with Gasteiger partial charge < -0.3 is 9.84 Å². The molecule has 2 aromatic rings. The molecule has 0 aliphatic rings. The van der Waals surface area contributed by atoms with Gasteiger partial charge in [0, 0.05) is 25.5 Å². The molecule has 0 spiro atoms. The van der Waals surface area contributed by atoms with Gasteiger partial charge in [0.25, 0.3) is 0 Å². The number of hydrogen-bond acceptors (Lipinski definition) is 4. The summed E-state index contributed by atoms with van der Waals surface area (Å²) in [5, 5.41) is 10.1. The number of aromatic nitrogens is 1. The lowest BCUT2D eigenvalue weighted by molar-refractivity contribution is 0.0741. The van der Waals surface area contributed by atoms with Gasteiger partial charge in [-0.25, -0.2) is 0 Å². The Bertz CT molecular complexity index is 587. The van der Waals surface area contributed by atoms with Crippen LogP contribution >= 0.6 is 0 Å². The molecular formula is C18H24N2O2. The molecule has 118 valence electrons. The van der Waals surface area contributed by atoms with Crippen molar-refractivity contribution in [1.82, 2.24) is 9.88 Å². The lowest BCUT2D eigenvalue weighted by Gasteiger charge is -2.21. The molecule has 0 saturated heterocycles. The van der Waals surface area contributed by atoms with Crippen molar-refractivity contribution in [1.29, 1.82) is 0 Å². The summed E-state index contributed by atoms with van der Waals surface area (Å²) in [5.74, 6) is 0.842. The van der Waals surface area contributed by atoms with Gasteiger partial charge in [0.05, 0.1) is 0 Å². The third-order valence-electron chi connectivity index (χ3n) is 3.47. The Kier molecular flexibility index (Phi) is 5.92. The molecule has 0 aliphatic carbocycles. The summed E-state index contributed by atoms with van der Waals surface area (Å²) < 4.78 is 5.74. The molecule has 0 bridgehead atoms. The van der Waals surface area contributed by atoms with Crippen LogP contribution < -0.4 is 4.74 Å². The first-order valence-electron chi connectivity index (χ1n) is 7.50. The highest BCUT2D eigenvalue weighted by molar-refractivity contribution is 5.35. The van der Waals surface area contributed by atoms with Gasteiger partial charge in [0.1, 0.15) is 18.5 Å². The van der Waals surface area contributed by atoms with E-state index in [1.807, 2.05) is 51.4 Å². The predicted octanol–water partition coefficient (Wildman–Crippen LogP) is 2.57. The Morgan fingerprint density at radius 2 is 2.09 bits per heavy atom. The fraction of sp³-hybridized carbons (Fsp3) is 0.389. The van der Waals surface area contributed by atoms with Crippen LogP contribution in [0.1, 0.15) is 16.7 Å². The molecule has 1 aromatic heterocycles. The highest BCUT2D eigenvalue weighted by atomic mass is 16.5. The van der Waals surface area contributed by atoms with Crippen LogP contribution in [0.3, 0.4) is 0 Å². The topological polar surface area (TPSA) is 45.6 Å². The number of nitrogens with zero attached hydrogens (tertiary/aromatic N) is 2. The molecule has 0 aliphatic heterocycles. The molecule has 22 heavy (non-hydrogen) atoms. The number of aliphatic hydroxyl groups is 1. The summed E-state index contributed by atoms with van der Waals surface area (Å²) in [7, 11) is 1.98. The standard InChI is InChI=1S/C18H24N2O2/c1-14-6-7-15(2)18(9-14)22-13-17(21)12-20(3)11-16-5-4-8-19-10-16/h4-10,17,21H,11-13H2,1-3H3. The average Bonchev–Trinajstić information content (AvgIpc) is 2.49. The number of hydrogen-bond donors (Lipinski definition) is 1. The Morgan fingerprint density at radius 3 is 2.82 bits per heavy atom. The van der Waals surface area contributed by atoms with Crippen LogP contribution in [0.15, 0.2) is 42.7 Å². The molecule has 0 amide bonds. The van der Waals surface area contributed by atoms with Crippen LogP contribution in [0.4, 0.5) is 0 Å². The average molecular weight is 300 g/mol. The minimum atomic E-state index is -0.526. The van der Waals surface area contributed by atoms with Gasteiger partial charge in [0.2, 0.25) is 0 Å². The second-order valence-electron chi connectivity index (χ2n) is 5.79. The number of rotatable bonds is 7. The van der Waals surface area contributed by atoms with Crippen molar-refractivity contribution >= 4 is 0 Å². The third-order valence-corrected chi connectivity index (χ3v) is 3.47. The highest BCUT2D eigenvalue weighted by Gasteiger charge is 2.10. The number of aliphatic hydroxyl groups excluding tert-OH is 1. The predicted molar refractivity (Wildman–Crippen MR) is 88.0 cm³/mol. The van der Waals surface area contributed by atoms with E-state index >= 15 is 0 Å². The zero-order valence-corrected chi connectivity index (χ0v) is 13.5. The van der Waals surface area contributed by atoms with Crippen molar-refractivity contribution in [3.63, 3.8) is 0 Å². The number of aryl methyl sites for hydroxylation is 2. The van der Waals surface area contributed by atoms with Crippen molar-refractivity contribution < 1.29 is 9.84 Å². The van der Waals surface area contributed by atoms with Crippen LogP contribution in [0.25, 0.3) is 0 Å². The van der Waals surface area contributed by atoms with Gasteiger partial charge in [-0.3, -0.25) is 9.88 Å². The molecule has 4 nitrogen and oxygen atoms in total. The number of ether oxygens (including phenoxy) is 1. The summed E-state index contributed by atoms with van der Waals surface area (Å²) in [6.07, 6.45) is 3.08. The van der Waals surface area contributed by atoms with E-state index in [9.17, 15) is 5.11 Å². The largest absolute Gasteiger partial charge is 0.491 e. The zero-order valence-electron chi connectivity index (χ0n) is 13.5. The van der Waals surface area contributed by atoms with E-state index in [1.165, 1.54) is 0 Å². The molecule has 0 fully saturated rings. The molecule has 4 heteroatoms. The van der Waals surface area contributed by atoms with Crippen LogP contribution in [0, 0.1) is 13.8 Å². The van der Waals surface area contributed by atoms with E-state index in [1.54, 1.807) is 6.20 Å². The molecule has 1 unspecified atom stereocenters. The number of pyridine rings is 1. The van der Waals surface area contributed by atoms with Crippen LogP contribution in [0.2, 0.25) is 0 Å². The first-order valence-corrected chi connectivity index (χ1v) is 7.50. The summed E-state index contributed by atoms with van der Waals surface area (Å²) in [5.41, 5.74) is 3.37. The van der Waals surface area contributed by atoms with E-state index in [-0.39, 0.29) is 0 Å². The van der Waals surface area contributed by atoms with Gasteiger partial charge in [0.15, 0.2) is 0 Å². The van der Waals surface area contributed by atoms with Crippen molar-refractivity contribution in [2.45, 2.75) is 26.5 Å². The smallest absolute Gasteiger partial charge is 0.122 e. The normalized spacial score (nSPS) is 12.4. The van der Waals surface area contributed by atoms with Crippen LogP contribution in [0.5, 0.6) is 5.75 Å². The maximum atomic E-state index is 10.1. The molecule has 2 rings (SSSR count). The van der Waals surface area contributed by atoms with E-state index in [0.29, 0.717) is 13.2 Å². The Labute approximate surface area is 132 Å². The molecule has 1 aromatic carbocycles. The second-order valence-corrected chi connectivity index (χ2v) is 5.79. The summed E-state index contributed by atoms with van der Waals surface area (Å²) in [6.45, 7) is 5.65. The van der Waals surface area contributed by atoms with E-state index in [2.05, 4.69) is 16.0 Å². The highest BCUT2D eigenvalue weighted by Crippen LogP contribution is 2.19. The molecule has 1 N–H and O–H groups in total.